The molecule has 0 aliphatic carbocycles. The lowest BCUT2D eigenvalue weighted by Crippen LogP contribution is -1.98. The van der Waals surface area contributed by atoms with Crippen molar-refractivity contribution in [2.75, 3.05) is 0 Å². The van der Waals surface area contributed by atoms with E-state index in [2.05, 4.69) is 29.9 Å². The van der Waals surface area contributed by atoms with Crippen molar-refractivity contribution in [3.63, 3.8) is 0 Å². The Hall–Kier alpha value is -2.65. The molecule has 0 radical (unpaired) electrons. The third kappa shape index (κ3) is 2.92. The first-order chi connectivity index (χ1) is 11.8. The average Bonchev–Trinajstić information content (AvgIpc) is 3.06. The molecule has 1 aromatic carbocycles. The number of nitriles is 1. The van der Waals surface area contributed by atoms with Gasteiger partial charge in [-0.15, -0.1) is 11.3 Å². The number of carboxylic acids is 1. The fourth-order valence-corrected chi connectivity index (χ4v) is 4.12. The van der Waals surface area contributed by atoms with E-state index in [1.807, 2.05) is 19.1 Å². The third-order valence-corrected chi connectivity index (χ3v) is 5.38. The van der Waals surface area contributed by atoms with E-state index < -0.39 is 5.97 Å². The number of aromatic carboxylic acids is 1. The smallest absolute Gasteiger partial charge is 0.347 e. The van der Waals surface area contributed by atoms with Gasteiger partial charge in [-0.2, -0.15) is 5.26 Å². The van der Waals surface area contributed by atoms with Gasteiger partial charge in [0.15, 0.2) is 0 Å². The van der Waals surface area contributed by atoms with E-state index in [1.165, 1.54) is 11.3 Å². The highest BCUT2D eigenvalue weighted by molar-refractivity contribution is 7.17. The molecular weight excluding hydrogens is 334 g/mol. The Kier molecular flexibility index (Phi) is 4.36. The zero-order valence-corrected chi connectivity index (χ0v) is 15.4. The molecule has 0 saturated carbocycles. The summed E-state index contributed by atoms with van der Waals surface area (Å²) in [5.41, 5.74) is 4.92. The van der Waals surface area contributed by atoms with E-state index in [-0.39, 0.29) is 4.88 Å². The van der Waals surface area contributed by atoms with Gasteiger partial charge >= 0.3 is 5.97 Å². The van der Waals surface area contributed by atoms with Crippen molar-refractivity contribution in [2.45, 2.75) is 34.1 Å². The first kappa shape index (κ1) is 17.2. The van der Waals surface area contributed by atoms with Crippen molar-refractivity contribution in [3.05, 3.63) is 39.5 Å². The lowest BCUT2D eigenvalue weighted by atomic mass is 9.93. The SMILES string of the molecule is Cc1nc(-c2ccc3[nH]c(C)c(C#N)c3c2CC(C)C)sc1C(=O)O. The Labute approximate surface area is 150 Å². The summed E-state index contributed by atoms with van der Waals surface area (Å²) in [5, 5.41) is 20.5. The van der Waals surface area contributed by atoms with Crippen LogP contribution in [0.1, 0.15) is 46.0 Å². The maximum absolute atomic E-state index is 11.4. The molecule has 2 heterocycles. The number of hydrogen-bond donors (Lipinski definition) is 2. The van der Waals surface area contributed by atoms with Gasteiger partial charge in [0.05, 0.1) is 11.3 Å². The molecule has 2 aromatic heterocycles. The Morgan fingerprint density at radius 2 is 2.12 bits per heavy atom. The van der Waals surface area contributed by atoms with Gasteiger partial charge in [0.25, 0.3) is 0 Å². The number of fused-ring (bicyclic) bond motifs is 1. The average molecular weight is 353 g/mol. The number of carbonyl (C=O) groups is 1. The van der Waals surface area contributed by atoms with Crippen LogP contribution >= 0.6 is 11.3 Å². The van der Waals surface area contributed by atoms with E-state index in [0.29, 0.717) is 22.2 Å². The zero-order chi connectivity index (χ0) is 18.3. The Morgan fingerprint density at radius 1 is 1.40 bits per heavy atom. The minimum Gasteiger partial charge on any atom is -0.477 e. The molecule has 2 N–H and O–H groups in total. The molecule has 5 nitrogen and oxygen atoms in total. The summed E-state index contributed by atoms with van der Waals surface area (Å²) in [6, 6.07) is 6.22. The molecular formula is C19H19N3O2S. The van der Waals surface area contributed by atoms with Crippen LogP contribution in [0.2, 0.25) is 0 Å². The molecule has 0 amide bonds. The zero-order valence-electron chi connectivity index (χ0n) is 14.6. The van der Waals surface area contributed by atoms with E-state index in [0.717, 1.165) is 34.1 Å². The monoisotopic (exact) mass is 353 g/mol. The molecule has 0 saturated heterocycles. The fraction of sp³-hybridized carbons (Fsp3) is 0.316. The second-order valence-electron chi connectivity index (χ2n) is 6.59. The van der Waals surface area contributed by atoms with Crippen LogP contribution in [0.5, 0.6) is 0 Å². The number of aromatic nitrogens is 2. The van der Waals surface area contributed by atoms with Gasteiger partial charge in [-0.3, -0.25) is 0 Å². The van der Waals surface area contributed by atoms with E-state index in [9.17, 15) is 15.2 Å². The Bertz CT molecular complexity index is 1020. The number of rotatable bonds is 4. The second-order valence-corrected chi connectivity index (χ2v) is 7.59. The van der Waals surface area contributed by atoms with Gasteiger partial charge in [-0.25, -0.2) is 9.78 Å². The van der Waals surface area contributed by atoms with Gasteiger partial charge in [0.2, 0.25) is 0 Å². The maximum Gasteiger partial charge on any atom is 0.347 e. The molecule has 0 spiro atoms. The van der Waals surface area contributed by atoms with Crippen molar-refractivity contribution < 1.29 is 9.90 Å². The number of aryl methyl sites for hydroxylation is 2. The van der Waals surface area contributed by atoms with Gasteiger partial charge < -0.3 is 10.1 Å². The number of nitrogens with zero attached hydrogens (tertiary/aromatic N) is 2. The molecule has 6 heteroatoms. The normalized spacial score (nSPS) is 11.2. The number of aromatic amines is 1. The third-order valence-electron chi connectivity index (χ3n) is 4.21. The standard InChI is InChI=1S/C19H19N3O2S/c1-9(2)7-13-12(18-22-11(4)17(25-18)19(23)24)5-6-15-16(13)14(8-20)10(3)21-15/h5-6,9,21H,7H2,1-4H3,(H,23,24). The van der Waals surface area contributed by atoms with E-state index in [4.69, 9.17) is 0 Å². The van der Waals surface area contributed by atoms with Gasteiger partial charge in [0.1, 0.15) is 16.0 Å². The highest BCUT2D eigenvalue weighted by Crippen LogP contribution is 2.37. The van der Waals surface area contributed by atoms with Crippen LogP contribution < -0.4 is 0 Å². The van der Waals surface area contributed by atoms with Crippen LogP contribution in [-0.2, 0) is 6.42 Å². The van der Waals surface area contributed by atoms with Crippen LogP contribution in [0.4, 0.5) is 0 Å². The minimum atomic E-state index is -0.956. The number of carboxylic acid groups (broad SMARTS) is 1. The second kappa shape index (κ2) is 6.34. The molecule has 0 unspecified atom stereocenters. The lowest BCUT2D eigenvalue weighted by Gasteiger charge is -2.12. The van der Waals surface area contributed by atoms with Crippen molar-refractivity contribution >= 4 is 28.2 Å². The van der Waals surface area contributed by atoms with Gasteiger partial charge in [-0.05, 0) is 43.9 Å². The van der Waals surface area contributed by atoms with Crippen LogP contribution in [0.3, 0.4) is 0 Å². The topological polar surface area (TPSA) is 89.8 Å². The fourth-order valence-electron chi connectivity index (χ4n) is 3.16. The van der Waals surface area contributed by atoms with Crippen molar-refractivity contribution in [1.82, 2.24) is 9.97 Å². The highest BCUT2D eigenvalue weighted by Gasteiger charge is 2.21. The summed E-state index contributed by atoms with van der Waals surface area (Å²) in [4.78, 5) is 19.4. The lowest BCUT2D eigenvalue weighted by molar-refractivity contribution is 0.0701. The van der Waals surface area contributed by atoms with Gasteiger partial charge in [0, 0.05) is 22.2 Å². The van der Waals surface area contributed by atoms with E-state index in [1.54, 1.807) is 6.92 Å². The van der Waals surface area contributed by atoms with Crippen LogP contribution in [0.25, 0.3) is 21.5 Å². The number of benzene rings is 1. The first-order valence-electron chi connectivity index (χ1n) is 8.08. The van der Waals surface area contributed by atoms with Crippen LogP contribution in [0, 0.1) is 31.1 Å². The van der Waals surface area contributed by atoms with Gasteiger partial charge in [-0.1, -0.05) is 13.8 Å². The molecule has 0 atom stereocenters. The van der Waals surface area contributed by atoms with E-state index >= 15 is 0 Å². The van der Waals surface area contributed by atoms with Crippen LogP contribution in [0.15, 0.2) is 12.1 Å². The molecule has 3 rings (SSSR count). The maximum atomic E-state index is 11.4. The Balaban J connectivity index is 2.33. The summed E-state index contributed by atoms with van der Waals surface area (Å²) in [6.07, 6.45) is 0.791. The number of nitrogens with one attached hydrogen (secondary N) is 1. The summed E-state index contributed by atoms with van der Waals surface area (Å²) < 4.78 is 0. The van der Waals surface area contributed by atoms with Crippen molar-refractivity contribution in [3.8, 4) is 16.6 Å². The molecule has 25 heavy (non-hydrogen) atoms. The number of thiazole rings is 1. The molecule has 0 bridgehead atoms. The molecule has 0 aliphatic rings. The highest BCUT2D eigenvalue weighted by atomic mass is 32.1. The summed E-state index contributed by atoms with van der Waals surface area (Å²) in [7, 11) is 0. The number of H-pyrrole nitrogens is 1. The predicted molar refractivity (Wildman–Crippen MR) is 99.1 cm³/mol. The minimum absolute atomic E-state index is 0.261. The van der Waals surface area contributed by atoms with Crippen molar-refractivity contribution in [1.29, 1.82) is 5.26 Å². The Morgan fingerprint density at radius 3 is 2.68 bits per heavy atom. The summed E-state index contributed by atoms with van der Waals surface area (Å²) in [5.74, 6) is -0.561. The van der Waals surface area contributed by atoms with Crippen molar-refractivity contribution in [2.24, 2.45) is 5.92 Å². The van der Waals surface area contributed by atoms with Crippen LogP contribution in [-0.4, -0.2) is 21.0 Å². The number of hydrogen-bond acceptors (Lipinski definition) is 4. The molecule has 0 fully saturated rings. The molecule has 3 aromatic rings. The first-order valence-corrected chi connectivity index (χ1v) is 8.90. The molecule has 0 aliphatic heterocycles. The summed E-state index contributed by atoms with van der Waals surface area (Å²) >= 11 is 1.19. The predicted octanol–water partition coefficient (Wildman–Crippen LogP) is 4.68. The largest absolute Gasteiger partial charge is 0.477 e. The quantitative estimate of drug-likeness (QED) is 0.713. The summed E-state index contributed by atoms with van der Waals surface area (Å²) in [6.45, 7) is 7.87. The molecule has 128 valence electrons.